The summed E-state index contributed by atoms with van der Waals surface area (Å²) < 4.78 is 27.3. The van der Waals surface area contributed by atoms with Crippen molar-refractivity contribution in [3.63, 3.8) is 0 Å². The zero-order chi connectivity index (χ0) is 66.0. The number of esters is 2. The van der Waals surface area contributed by atoms with Crippen LogP contribution < -0.4 is 14.8 Å². The van der Waals surface area contributed by atoms with Gasteiger partial charge in [-0.1, -0.05) is 146 Å². The summed E-state index contributed by atoms with van der Waals surface area (Å²) in [7, 11) is 8.40. The number of methoxy groups -OCH3 is 1. The molecule has 4 fully saturated rings. The number of fused-ring (bicyclic) bond motifs is 12. The number of aliphatic hydroxyl groups excluding tert-OH is 2. The van der Waals surface area contributed by atoms with Crippen molar-refractivity contribution in [3.8, 4) is 51.7 Å². The van der Waals surface area contributed by atoms with E-state index in [2.05, 4.69) is 114 Å². The molecule has 500 valence electrons. The Kier molecular flexibility index (Phi) is 16.8. The number of allylic oxidation sites excluding steroid dienone is 1. The van der Waals surface area contributed by atoms with E-state index >= 15 is 4.79 Å². The zero-order valence-electron chi connectivity index (χ0n) is 54.5. The van der Waals surface area contributed by atoms with Gasteiger partial charge < -0.3 is 49.8 Å². The van der Waals surface area contributed by atoms with Crippen molar-refractivity contribution in [3.05, 3.63) is 189 Å². The molecule has 7 aliphatic carbocycles. The highest BCUT2D eigenvalue weighted by Gasteiger charge is 2.69. The van der Waals surface area contributed by atoms with Gasteiger partial charge in [0.05, 0.1) is 18.6 Å². The maximum absolute atomic E-state index is 17.8. The van der Waals surface area contributed by atoms with Gasteiger partial charge in [-0.05, 0) is 232 Å². The number of carbonyl (C=O) groups is 2. The van der Waals surface area contributed by atoms with E-state index in [0.29, 0.717) is 63.1 Å². The van der Waals surface area contributed by atoms with Crippen LogP contribution in [0.3, 0.4) is 0 Å². The minimum atomic E-state index is -1.30. The molecule has 17 rings (SSSR count). The van der Waals surface area contributed by atoms with Gasteiger partial charge in [-0.25, -0.2) is 0 Å². The molecule has 7 aromatic carbocycles. The lowest BCUT2D eigenvalue weighted by Gasteiger charge is -2.66. The Balaban J connectivity index is 0.905. The largest absolute Gasteiger partial charge is 0.508 e. The number of rotatable bonds is 3. The second kappa shape index (κ2) is 25.5. The Morgan fingerprint density at radius 3 is 2.47 bits per heavy atom. The van der Waals surface area contributed by atoms with Gasteiger partial charge in [-0.3, -0.25) is 9.59 Å². The summed E-state index contributed by atoms with van der Waals surface area (Å²) in [5.41, 5.74) is 10.5. The van der Waals surface area contributed by atoms with Crippen LogP contribution in [0.25, 0.3) is 28.0 Å². The highest BCUT2D eigenvalue weighted by molar-refractivity contribution is 8.77. The molecule has 7 aromatic rings. The third kappa shape index (κ3) is 11.0. The fourth-order valence-corrected chi connectivity index (χ4v) is 26.2. The maximum Gasteiger partial charge on any atom is 0.317 e. The number of aryl methyl sites for hydroxylation is 1. The maximum atomic E-state index is 17.8. The van der Waals surface area contributed by atoms with Gasteiger partial charge in [-0.2, -0.15) is 0 Å². The summed E-state index contributed by atoms with van der Waals surface area (Å²) in [6.07, 6.45) is 5.79. The highest BCUT2D eigenvalue weighted by atomic mass is 33.1. The molecule has 17 unspecified atom stereocenters. The first-order chi connectivity index (χ1) is 47.2. The number of phenols is 3. The number of ether oxygens (including phenoxy) is 4. The second-order valence-electron chi connectivity index (χ2n) is 29.3. The SMILES string of the molecule is COc1cc2c(cc1O)C1CC(O)C3Cc4cc(O)c5cc4C4CC(CC(OC(C)=O)C(C2)C1(C1=Cc2ccccc2CC1)C43)OC(=O)C12CC(CSSC(O)CO5)C3C4CCC1C3C#CC(CNCc1cccc(c1)-c1cc(O)cc3ccc2cc13)Cc1ccccc1CSS4. The van der Waals surface area contributed by atoms with Gasteiger partial charge in [0, 0.05) is 66.4 Å². The Labute approximate surface area is 582 Å². The van der Waals surface area contributed by atoms with E-state index in [0.717, 1.165) is 85.9 Å². The summed E-state index contributed by atoms with van der Waals surface area (Å²) in [6.45, 7) is 2.64. The first kappa shape index (κ1) is 63.7. The molecule has 0 saturated heterocycles. The van der Waals surface area contributed by atoms with Crippen LogP contribution in [-0.2, 0) is 62.5 Å². The summed E-state index contributed by atoms with van der Waals surface area (Å²) in [4.78, 5) is 32.1. The van der Waals surface area contributed by atoms with Gasteiger partial charge in [0.25, 0.3) is 0 Å². The van der Waals surface area contributed by atoms with Crippen molar-refractivity contribution in [2.24, 2.45) is 52.8 Å². The number of phenolic OH excluding ortho intramolecular Hbond substituents is 3. The van der Waals surface area contributed by atoms with Crippen LogP contribution in [0.1, 0.15) is 119 Å². The number of carbonyl (C=O) groups excluding carboxylic acids is 2. The number of benzene rings is 7. The molecule has 15 bridgehead atoms. The van der Waals surface area contributed by atoms with Crippen LogP contribution in [-0.4, -0.2) is 92.5 Å². The van der Waals surface area contributed by atoms with Crippen molar-refractivity contribution in [1.82, 2.24) is 5.32 Å². The van der Waals surface area contributed by atoms with Crippen molar-refractivity contribution in [2.75, 3.05) is 26.0 Å². The van der Waals surface area contributed by atoms with E-state index in [9.17, 15) is 30.3 Å². The predicted molar refractivity (Wildman–Crippen MR) is 384 cm³/mol. The summed E-state index contributed by atoms with van der Waals surface area (Å²) in [5.74, 6) is 6.80. The Morgan fingerprint density at radius 2 is 1.61 bits per heavy atom. The van der Waals surface area contributed by atoms with Crippen LogP contribution in [0.4, 0.5) is 0 Å². The molecule has 0 amide bonds. The van der Waals surface area contributed by atoms with Crippen molar-refractivity contribution in [1.29, 1.82) is 0 Å². The minimum Gasteiger partial charge on any atom is -0.508 e. The van der Waals surface area contributed by atoms with E-state index in [1.165, 1.54) is 40.0 Å². The van der Waals surface area contributed by atoms with E-state index in [1.807, 2.05) is 51.9 Å². The molecule has 10 aliphatic rings. The number of nitrogens with one attached hydrogen (secondary N) is 1. The summed E-state index contributed by atoms with van der Waals surface area (Å²) >= 11 is 0. The summed E-state index contributed by atoms with van der Waals surface area (Å²) in [5, 5.41) is 66.9. The van der Waals surface area contributed by atoms with Gasteiger partial charge >= 0.3 is 11.9 Å². The van der Waals surface area contributed by atoms with E-state index in [-0.39, 0.29) is 101 Å². The van der Waals surface area contributed by atoms with Gasteiger partial charge in [0.2, 0.25) is 0 Å². The average molecular weight is 1370 g/mol. The molecule has 4 saturated carbocycles. The van der Waals surface area contributed by atoms with Gasteiger partial charge in [0.15, 0.2) is 23.0 Å². The Morgan fingerprint density at radius 1 is 0.763 bits per heavy atom. The fourth-order valence-electron chi connectivity index (χ4n) is 20.7. The van der Waals surface area contributed by atoms with Crippen LogP contribution in [0.2, 0.25) is 0 Å². The molecule has 1 spiro atoms. The van der Waals surface area contributed by atoms with Crippen LogP contribution in [0.15, 0.2) is 133 Å². The normalized spacial score (nSPS) is 33.1. The second-order valence-corrected chi connectivity index (χ2v) is 34.5. The topological polar surface area (TPSA) is 184 Å². The quantitative estimate of drug-likeness (QED) is 0.0557. The molecule has 12 nitrogen and oxygen atoms in total. The summed E-state index contributed by atoms with van der Waals surface area (Å²) in [6, 6.07) is 43.5. The predicted octanol–water partition coefficient (Wildman–Crippen LogP) is 14.8. The van der Waals surface area contributed by atoms with Crippen LogP contribution >= 0.6 is 43.2 Å². The number of hydrogen-bond donors (Lipinski definition) is 6. The molecular weight excluding hydrogens is 1290 g/mol. The first-order valence-electron chi connectivity index (χ1n) is 34.9. The van der Waals surface area contributed by atoms with E-state index < -0.39 is 52.4 Å². The smallest absolute Gasteiger partial charge is 0.317 e. The zero-order valence-corrected chi connectivity index (χ0v) is 57.8. The van der Waals surface area contributed by atoms with E-state index in [1.54, 1.807) is 24.0 Å². The van der Waals surface area contributed by atoms with Crippen molar-refractivity contribution < 1.29 is 54.1 Å². The fraction of sp³-hybridized carbons (Fsp3) is 0.432. The monoisotopic (exact) mass is 1370 g/mol. The van der Waals surface area contributed by atoms with E-state index in [4.69, 9.17) is 18.9 Å². The molecule has 6 N–H and O–H groups in total. The number of aromatic hydroxyl groups is 3. The van der Waals surface area contributed by atoms with Gasteiger partial charge in [0.1, 0.15) is 30.0 Å². The molecule has 97 heavy (non-hydrogen) atoms. The first-order valence-corrected chi connectivity index (χ1v) is 39.6. The average Bonchev–Trinajstić information content (AvgIpc) is 0.680. The third-order valence-electron chi connectivity index (χ3n) is 24.5. The highest BCUT2D eigenvalue weighted by Crippen LogP contribution is 2.73. The molecule has 0 radical (unpaired) electrons. The lowest BCUT2D eigenvalue weighted by atomic mass is 9.38. The molecular formula is C81H81NO11S4. The molecule has 3 heterocycles. The number of aliphatic hydroxyl groups is 2. The number of hydrogen-bond acceptors (Lipinski definition) is 16. The third-order valence-corrected chi connectivity index (χ3v) is 29.9. The molecule has 0 aromatic heterocycles. The van der Waals surface area contributed by atoms with Gasteiger partial charge in [-0.15, -0.1) is 0 Å². The minimum absolute atomic E-state index is 0.0137. The Hall–Kier alpha value is -6.68. The standard InChI is InChI=1S/C81H81NO11S4/c1-43(83)92-72-33-58-32-64-62-35-74(70(86)28-52(62)26-65-69(85)36-67-63-34-71(87)73(90-2)29-53(63)27-68(72)81(67,78(64)65)56-18-15-46-9-3-4-11-48(46)24-56)91-40-76(88)97-95-42-54-37-80(79(89)93-58)55-17-16-50-25-57(84)31-61(60(50)30-55)49-13-7-8-44(23-49)38-82-39-45-14-19-59-66(80)20-21-75(77(54)59)96-94-41-51-12-6-5-10-47(51)22-45/h3-13,16-17,23-25,28-31,34-35,45,54,58-59,64-69,72,75-78,82,84-88H,15,18,20-22,26-27,32-33,36-42H2,1-2H3. The van der Waals surface area contributed by atoms with Crippen molar-refractivity contribution in [2.45, 2.75) is 136 Å². The van der Waals surface area contributed by atoms with Crippen LogP contribution in [0.5, 0.6) is 28.7 Å². The van der Waals surface area contributed by atoms with Crippen molar-refractivity contribution >= 4 is 72.0 Å². The lowest BCUT2D eigenvalue weighted by molar-refractivity contribution is -0.183. The molecule has 17 atom stereocenters. The molecule has 3 aliphatic heterocycles. The Bertz CT molecular complexity index is 4410. The molecule has 16 heteroatoms. The van der Waals surface area contributed by atoms with Crippen LogP contribution in [0, 0.1) is 64.6 Å². The lowest BCUT2D eigenvalue weighted by Crippen LogP contribution is -2.64.